The third kappa shape index (κ3) is 4.21. The summed E-state index contributed by atoms with van der Waals surface area (Å²) in [4.78, 5) is 28.0. The van der Waals surface area contributed by atoms with E-state index >= 15 is 0 Å². The third-order valence-electron chi connectivity index (χ3n) is 3.23. The second-order valence-electron chi connectivity index (χ2n) is 5.15. The first-order valence-corrected chi connectivity index (χ1v) is 7.55. The molecular weight excluding hydrogens is 337 g/mol. The number of benzene rings is 1. The maximum Gasteiger partial charge on any atom is 0.326 e. The summed E-state index contributed by atoms with van der Waals surface area (Å²) in [5.74, 6) is -0.640. The van der Waals surface area contributed by atoms with Crippen molar-refractivity contribution in [2.24, 2.45) is 0 Å². The molecule has 0 aliphatic rings. The van der Waals surface area contributed by atoms with Crippen LogP contribution in [0.15, 0.2) is 24.3 Å². The van der Waals surface area contributed by atoms with Crippen LogP contribution in [0.4, 0.5) is 10.5 Å². The van der Waals surface area contributed by atoms with Gasteiger partial charge in [-0.3, -0.25) is 10.1 Å². The van der Waals surface area contributed by atoms with Crippen molar-refractivity contribution >= 4 is 40.8 Å². The lowest BCUT2D eigenvalue weighted by molar-refractivity contribution is 0.0966. The number of carbonyl (C=O) groups excluding carboxylic acids is 2. The first-order chi connectivity index (χ1) is 10.8. The number of halogens is 2. The molecule has 1 heterocycles. The lowest BCUT2D eigenvalue weighted by Gasteiger charge is -2.11. The highest BCUT2D eigenvalue weighted by Gasteiger charge is 2.18. The SMILES string of the molecule is Cc1ccc(NC(=O)NC(=O)c2c(C)cc(Cl)nc2Cl)c(C)c1. The minimum Gasteiger partial charge on any atom is -0.307 e. The van der Waals surface area contributed by atoms with Crippen molar-refractivity contribution in [2.45, 2.75) is 20.8 Å². The number of carbonyl (C=O) groups is 2. The van der Waals surface area contributed by atoms with Crippen molar-refractivity contribution in [2.75, 3.05) is 5.32 Å². The molecule has 0 atom stereocenters. The number of imide groups is 1. The van der Waals surface area contributed by atoms with E-state index < -0.39 is 11.9 Å². The highest BCUT2D eigenvalue weighted by atomic mass is 35.5. The Balaban J connectivity index is 2.13. The summed E-state index contributed by atoms with van der Waals surface area (Å²) in [7, 11) is 0. The van der Waals surface area contributed by atoms with E-state index in [4.69, 9.17) is 23.2 Å². The van der Waals surface area contributed by atoms with Crippen LogP contribution in [0.1, 0.15) is 27.0 Å². The topological polar surface area (TPSA) is 71.1 Å². The van der Waals surface area contributed by atoms with Gasteiger partial charge < -0.3 is 5.32 Å². The molecule has 0 saturated heterocycles. The van der Waals surface area contributed by atoms with Crippen LogP contribution >= 0.6 is 23.2 Å². The van der Waals surface area contributed by atoms with Gasteiger partial charge in [0, 0.05) is 5.69 Å². The first-order valence-electron chi connectivity index (χ1n) is 6.80. The Morgan fingerprint density at radius 3 is 2.35 bits per heavy atom. The number of hydrogen-bond donors (Lipinski definition) is 2. The molecule has 0 unspecified atom stereocenters. The van der Waals surface area contributed by atoms with E-state index in [0.29, 0.717) is 11.3 Å². The maximum absolute atomic E-state index is 12.2. The van der Waals surface area contributed by atoms with Gasteiger partial charge in [0.15, 0.2) is 0 Å². The quantitative estimate of drug-likeness (QED) is 0.793. The number of aryl methyl sites for hydroxylation is 3. The van der Waals surface area contributed by atoms with Crippen LogP contribution in [0.5, 0.6) is 0 Å². The number of urea groups is 1. The van der Waals surface area contributed by atoms with E-state index in [-0.39, 0.29) is 15.9 Å². The van der Waals surface area contributed by atoms with Gasteiger partial charge in [-0.15, -0.1) is 0 Å². The van der Waals surface area contributed by atoms with Crippen molar-refractivity contribution in [3.8, 4) is 0 Å². The monoisotopic (exact) mass is 351 g/mol. The highest BCUT2D eigenvalue weighted by molar-refractivity contribution is 6.35. The summed E-state index contributed by atoms with van der Waals surface area (Å²) in [5.41, 5.74) is 3.26. The van der Waals surface area contributed by atoms with Crippen molar-refractivity contribution in [1.29, 1.82) is 0 Å². The van der Waals surface area contributed by atoms with E-state index in [1.165, 1.54) is 6.07 Å². The molecule has 2 rings (SSSR count). The number of aromatic nitrogens is 1. The molecule has 0 radical (unpaired) electrons. The summed E-state index contributed by atoms with van der Waals surface area (Å²) in [5, 5.41) is 4.99. The van der Waals surface area contributed by atoms with Crippen LogP contribution < -0.4 is 10.6 Å². The fourth-order valence-corrected chi connectivity index (χ4v) is 2.76. The molecule has 23 heavy (non-hydrogen) atoms. The molecule has 2 N–H and O–H groups in total. The van der Waals surface area contributed by atoms with E-state index in [9.17, 15) is 9.59 Å². The minimum atomic E-state index is -0.646. The number of hydrogen-bond acceptors (Lipinski definition) is 3. The third-order valence-corrected chi connectivity index (χ3v) is 3.69. The van der Waals surface area contributed by atoms with Crippen molar-refractivity contribution in [3.05, 3.63) is 56.8 Å². The van der Waals surface area contributed by atoms with Crippen molar-refractivity contribution < 1.29 is 9.59 Å². The van der Waals surface area contributed by atoms with Gasteiger partial charge in [0.2, 0.25) is 0 Å². The van der Waals surface area contributed by atoms with E-state index in [2.05, 4.69) is 15.6 Å². The summed E-state index contributed by atoms with van der Waals surface area (Å²) >= 11 is 11.7. The number of amides is 3. The summed E-state index contributed by atoms with van der Waals surface area (Å²) < 4.78 is 0. The lowest BCUT2D eigenvalue weighted by Crippen LogP contribution is -2.35. The predicted octanol–water partition coefficient (Wildman–Crippen LogP) is 4.28. The van der Waals surface area contributed by atoms with Crippen LogP contribution in [0.3, 0.4) is 0 Å². The summed E-state index contributed by atoms with van der Waals surface area (Å²) in [6, 6.07) is 6.43. The number of rotatable bonds is 2. The lowest BCUT2D eigenvalue weighted by atomic mass is 10.1. The van der Waals surface area contributed by atoms with Crippen LogP contribution in [0.25, 0.3) is 0 Å². The Morgan fingerprint density at radius 2 is 1.74 bits per heavy atom. The van der Waals surface area contributed by atoms with E-state index in [0.717, 1.165) is 11.1 Å². The Hall–Kier alpha value is -2.11. The summed E-state index contributed by atoms with van der Waals surface area (Å²) in [6.45, 7) is 5.49. The van der Waals surface area contributed by atoms with Crippen molar-refractivity contribution in [3.63, 3.8) is 0 Å². The average Bonchev–Trinajstić information content (AvgIpc) is 2.40. The second-order valence-corrected chi connectivity index (χ2v) is 5.90. The minimum absolute atomic E-state index is 0.0492. The smallest absolute Gasteiger partial charge is 0.307 e. The number of anilines is 1. The number of nitrogens with zero attached hydrogens (tertiary/aromatic N) is 1. The zero-order valence-electron chi connectivity index (χ0n) is 12.8. The van der Waals surface area contributed by atoms with Gasteiger partial charge in [-0.1, -0.05) is 40.9 Å². The molecule has 7 heteroatoms. The number of nitrogens with one attached hydrogen (secondary N) is 2. The van der Waals surface area contributed by atoms with Crippen LogP contribution in [0, 0.1) is 20.8 Å². The molecule has 2 aromatic rings. The van der Waals surface area contributed by atoms with E-state index in [1.54, 1.807) is 13.0 Å². The summed E-state index contributed by atoms with van der Waals surface area (Å²) in [6.07, 6.45) is 0. The molecule has 0 bridgehead atoms. The van der Waals surface area contributed by atoms with Crippen LogP contribution in [-0.2, 0) is 0 Å². The van der Waals surface area contributed by atoms with Gasteiger partial charge in [-0.2, -0.15) is 0 Å². The van der Waals surface area contributed by atoms with Gasteiger partial charge in [-0.05, 0) is 44.0 Å². The molecule has 5 nitrogen and oxygen atoms in total. The highest BCUT2D eigenvalue weighted by Crippen LogP contribution is 2.21. The Bertz CT molecular complexity index is 768. The van der Waals surface area contributed by atoms with Gasteiger partial charge in [0.25, 0.3) is 5.91 Å². The molecule has 3 amide bonds. The number of pyridine rings is 1. The largest absolute Gasteiger partial charge is 0.326 e. The second kappa shape index (κ2) is 6.98. The Labute approximate surface area is 144 Å². The molecule has 0 saturated carbocycles. The fraction of sp³-hybridized carbons (Fsp3) is 0.188. The fourth-order valence-electron chi connectivity index (χ4n) is 2.14. The Kier molecular flexibility index (Phi) is 5.23. The standard InChI is InChI=1S/C16H15Cl2N3O2/c1-8-4-5-11(9(2)6-8)19-16(23)21-15(22)13-10(3)7-12(17)20-14(13)18/h4-7H,1-3H3,(H2,19,21,22,23). The van der Waals surface area contributed by atoms with Crippen LogP contribution in [0.2, 0.25) is 10.3 Å². The molecule has 1 aromatic carbocycles. The molecule has 120 valence electrons. The predicted molar refractivity (Wildman–Crippen MR) is 91.4 cm³/mol. The molecular formula is C16H15Cl2N3O2. The molecule has 0 spiro atoms. The van der Waals surface area contributed by atoms with E-state index in [1.807, 2.05) is 26.0 Å². The average molecular weight is 352 g/mol. The van der Waals surface area contributed by atoms with Gasteiger partial charge >= 0.3 is 6.03 Å². The van der Waals surface area contributed by atoms with Crippen LogP contribution in [-0.4, -0.2) is 16.9 Å². The zero-order chi connectivity index (χ0) is 17.1. The normalized spacial score (nSPS) is 10.3. The van der Waals surface area contributed by atoms with Gasteiger partial charge in [0.1, 0.15) is 10.3 Å². The molecule has 0 aliphatic heterocycles. The van der Waals surface area contributed by atoms with Gasteiger partial charge in [0.05, 0.1) is 5.56 Å². The Morgan fingerprint density at radius 1 is 1.04 bits per heavy atom. The van der Waals surface area contributed by atoms with Crippen molar-refractivity contribution in [1.82, 2.24) is 10.3 Å². The first kappa shape index (κ1) is 17.2. The molecule has 0 fully saturated rings. The molecule has 0 aliphatic carbocycles. The molecule has 1 aromatic heterocycles. The van der Waals surface area contributed by atoms with Gasteiger partial charge in [-0.25, -0.2) is 9.78 Å². The zero-order valence-corrected chi connectivity index (χ0v) is 14.3. The maximum atomic E-state index is 12.2.